The van der Waals surface area contributed by atoms with Crippen molar-refractivity contribution in [2.45, 2.75) is 0 Å². The molecule has 0 saturated heterocycles. The number of rotatable bonds is 2. The van der Waals surface area contributed by atoms with E-state index < -0.39 is 0 Å². The van der Waals surface area contributed by atoms with Gasteiger partial charge in [-0.05, 0) is 23.7 Å². The van der Waals surface area contributed by atoms with Gasteiger partial charge in [0.25, 0.3) is 0 Å². The van der Waals surface area contributed by atoms with Crippen molar-refractivity contribution in [3.63, 3.8) is 0 Å². The van der Waals surface area contributed by atoms with Crippen LogP contribution in [0.15, 0.2) is 36.5 Å². The fraction of sp³-hybridized carbons (Fsp3) is 0. The first-order valence-electron chi connectivity index (χ1n) is 4.26. The van der Waals surface area contributed by atoms with E-state index in [1.165, 1.54) is 6.20 Å². The van der Waals surface area contributed by atoms with E-state index in [2.05, 4.69) is 9.97 Å². The zero-order valence-corrected chi connectivity index (χ0v) is 8.48. The molecule has 1 heterocycles. The molecule has 0 spiro atoms. The molecule has 0 aliphatic rings. The van der Waals surface area contributed by atoms with Crippen molar-refractivity contribution in [1.82, 2.24) is 9.97 Å². The van der Waals surface area contributed by atoms with Crippen molar-refractivity contribution in [2.75, 3.05) is 5.73 Å². The van der Waals surface area contributed by atoms with Crippen molar-refractivity contribution in [2.24, 2.45) is 0 Å². The molecule has 1 aromatic heterocycles. The van der Waals surface area contributed by atoms with Crippen LogP contribution in [0.25, 0.3) is 0 Å². The van der Waals surface area contributed by atoms with E-state index in [0.29, 0.717) is 17.3 Å². The lowest BCUT2D eigenvalue weighted by Gasteiger charge is -2.06. The first-order chi connectivity index (χ1) is 7.25. The quantitative estimate of drug-likeness (QED) is 0.625. The average Bonchev–Trinajstić information content (AvgIpc) is 2.22. The van der Waals surface area contributed by atoms with Crippen LogP contribution in [-0.2, 0) is 0 Å². The average molecular weight is 222 g/mol. The minimum absolute atomic E-state index is 0.141. The Hall–Kier alpha value is -1.81. The number of hydrogen-bond donors (Lipinski definition) is 1. The summed E-state index contributed by atoms with van der Waals surface area (Å²) in [6, 6.07) is 8.77. The van der Waals surface area contributed by atoms with E-state index in [1.54, 1.807) is 18.2 Å². The number of nitrogens with zero attached hydrogens (tertiary/aromatic N) is 2. The number of benzene rings is 1. The van der Waals surface area contributed by atoms with Gasteiger partial charge in [0.15, 0.2) is 5.75 Å². The Morgan fingerprint density at radius 2 is 2.00 bits per heavy atom. The van der Waals surface area contributed by atoms with E-state index in [9.17, 15) is 0 Å². The molecular weight excluding hydrogens is 214 g/mol. The van der Waals surface area contributed by atoms with Gasteiger partial charge in [-0.3, -0.25) is 0 Å². The van der Waals surface area contributed by atoms with Crippen molar-refractivity contribution in [1.29, 1.82) is 0 Å². The standard InChI is InChI=1S/C10H8ClN3O/c11-10-13-6-5-9(14-10)15-8-4-2-1-3-7(8)12/h1-6H,12H2. The Morgan fingerprint density at radius 1 is 1.20 bits per heavy atom. The van der Waals surface area contributed by atoms with Crippen LogP contribution in [0, 0.1) is 0 Å². The fourth-order valence-electron chi connectivity index (χ4n) is 1.06. The lowest BCUT2D eigenvalue weighted by atomic mass is 10.3. The highest BCUT2D eigenvalue weighted by Gasteiger charge is 2.02. The minimum atomic E-state index is 0.141. The van der Waals surface area contributed by atoms with Crippen molar-refractivity contribution >= 4 is 17.3 Å². The van der Waals surface area contributed by atoms with Crippen LogP contribution in [0.4, 0.5) is 5.69 Å². The molecule has 15 heavy (non-hydrogen) atoms. The van der Waals surface area contributed by atoms with Crippen molar-refractivity contribution in [3.8, 4) is 11.6 Å². The second kappa shape index (κ2) is 4.14. The molecule has 2 aromatic rings. The summed E-state index contributed by atoms with van der Waals surface area (Å²) in [6.45, 7) is 0. The molecule has 0 unspecified atom stereocenters. The van der Waals surface area contributed by atoms with Gasteiger partial charge < -0.3 is 10.5 Å². The van der Waals surface area contributed by atoms with E-state index in [4.69, 9.17) is 22.1 Å². The van der Waals surface area contributed by atoms with Gasteiger partial charge in [-0.15, -0.1) is 0 Å². The second-order valence-corrected chi connectivity index (χ2v) is 3.14. The summed E-state index contributed by atoms with van der Waals surface area (Å²) >= 11 is 5.62. The lowest BCUT2D eigenvalue weighted by molar-refractivity contribution is 0.464. The third-order valence-corrected chi connectivity index (χ3v) is 1.92. The number of nitrogen functional groups attached to an aromatic ring is 1. The van der Waals surface area contributed by atoms with Crippen LogP contribution in [0.3, 0.4) is 0 Å². The van der Waals surface area contributed by atoms with Gasteiger partial charge in [0.1, 0.15) is 0 Å². The second-order valence-electron chi connectivity index (χ2n) is 2.80. The number of aromatic nitrogens is 2. The molecule has 76 valence electrons. The molecule has 0 bridgehead atoms. The maximum Gasteiger partial charge on any atom is 0.225 e. The monoisotopic (exact) mass is 221 g/mol. The molecule has 0 fully saturated rings. The van der Waals surface area contributed by atoms with Gasteiger partial charge in [0.2, 0.25) is 11.2 Å². The summed E-state index contributed by atoms with van der Waals surface area (Å²) in [5, 5.41) is 0.141. The molecule has 0 aliphatic heterocycles. The van der Waals surface area contributed by atoms with Crippen LogP contribution < -0.4 is 10.5 Å². The van der Waals surface area contributed by atoms with Crippen LogP contribution in [0.2, 0.25) is 5.28 Å². The van der Waals surface area contributed by atoms with Gasteiger partial charge >= 0.3 is 0 Å². The number of ether oxygens (including phenoxy) is 1. The summed E-state index contributed by atoms with van der Waals surface area (Å²) in [5.74, 6) is 0.917. The summed E-state index contributed by atoms with van der Waals surface area (Å²) in [5.41, 5.74) is 6.25. The van der Waals surface area contributed by atoms with Crippen molar-refractivity contribution < 1.29 is 4.74 Å². The van der Waals surface area contributed by atoms with Gasteiger partial charge in [-0.2, -0.15) is 4.98 Å². The molecule has 0 atom stereocenters. The fourth-order valence-corrected chi connectivity index (χ4v) is 1.20. The van der Waals surface area contributed by atoms with Gasteiger partial charge in [-0.25, -0.2) is 4.98 Å². The van der Waals surface area contributed by atoms with Crippen LogP contribution in [-0.4, -0.2) is 9.97 Å². The minimum Gasteiger partial charge on any atom is -0.437 e. The smallest absolute Gasteiger partial charge is 0.225 e. The molecule has 2 rings (SSSR count). The number of para-hydroxylation sites is 2. The van der Waals surface area contributed by atoms with Gasteiger partial charge in [-0.1, -0.05) is 12.1 Å². The first-order valence-corrected chi connectivity index (χ1v) is 4.64. The number of hydrogen-bond acceptors (Lipinski definition) is 4. The maximum atomic E-state index is 5.71. The Kier molecular flexibility index (Phi) is 2.69. The third kappa shape index (κ3) is 2.35. The van der Waals surface area contributed by atoms with Gasteiger partial charge in [0, 0.05) is 12.3 Å². The highest BCUT2D eigenvalue weighted by molar-refractivity contribution is 6.28. The molecule has 5 heteroatoms. The van der Waals surface area contributed by atoms with E-state index in [0.717, 1.165) is 0 Å². The lowest BCUT2D eigenvalue weighted by Crippen LogP contribution is -1.93. The highest BCUT2D eigenvalue weighted by Crippen LogP contribution is 2.25. The molecule has 2 N–H and O–H groups in total. The van der Waals surface area contributed by atoms with Crippen LogP contribution in [0.1, 0.15) is 0 Å². The molecule has 0 saturated carbocycles. The number of anilines is 1. The Balaban J connectivity index is 2.26. The summed E-state index contributed by atoms with van der Waals surface area (Å²) < 4.78 is 5.43. The number of halogens is 1. The zero-order chi connectivity index (χ0) is 10.7. The first kappa shape index (κ1) is 9.73. The topological polar surface area (TPSA) is 61.0 Å². The molecular formula is C10H8ClN3O. The van der Waals surface area contributed by atoms with Gasteiger partial charge in [0.05, 0.1) is 5.69 Å². The van der Waals surface area contributed by atoms with Crippen LogP contribution >= 0.6 is 11.6 Å². The molecule has 0 amide bonds. The number of nitrogens with two attached hydrogens (primary N) is 1. The highest BCUT2D eigenvalue weighted by atomic mass is 35.5. The normalized spacial score (nSPS) is 9.93. The van der Waals surface area contributed by atoms with Crippen LogP contribution in [0.5, 0.6) is 11.6 Å². The summed E-state index contributed by atoms with van der Waals surface area (Å²) in [6.07, 6.45) is 1.52. The Labute approximate surface area is 91.7 Å². The summed E-state index contributed by atoms with van der Waals surface area (Å²) in [7, 11) is 0. The largest absolute Gasteiger partial charge is 0.437 e. The molecule has 0 radical (unpaired) electrons. The Bertz CT molecular complexity index is 476. The van der Waals surface area contributed by atoms with E-state index in [-0.39, 0.29) is 5.28 Å². The van der Waals surface area contributed by atoms with Crippen molar-refractivity contribution in [3.05, 3.63) is 41.8 Å². The zero-order valence-electron chi connectivity index (χ0n) is 7.72. The molecule has 0 aliphatic carbocycles. The summed E-state index contributed by atoms with van der Waals surface area (Å²) in [4.78, 5) is 7.63. The molecule has 1 aromatic carbocycles. The molecule has 4 nitrogen and oxygen atoms in total. The van der Waals surface area contributed by atoms with E-state index in [1.807, 2.05) is 12.1 Å². The predicted molar refractivity (Wildman–Crippen MR) is 58.0 cm³/mol. The third-order valence-electron chi connectivity index (χ3n) is 1.73. The Morgan fingerprint density at radius 3 is 2.73 bits per heavy atom. The SMILES string of the molecule is Nc1ccccc1Oc1ccnc(Cl)n1. The van der Waals surface area contributed by atoms with E-state index >= 15 is 0 Å². The predicted octanol–water partition coefficient (Wildman–Crippen LogP) is 2.50. The maximum absolute atomic E-state index is 5.71.